The van der Waals surface area contributed by atoms with Gasteiger partial charge in [-0.2, -0.15) is 0 Å². The van der Waals surface area contributed by atoms with Crippen molar-refractivity contribution in [1.29, 1.82) is 0 Å². The van der Waals surface area contributed by atoms with Gasteiger partial charge in [-0.3, -0.25) is 9.52 Å². The number of rotatable bonds is 8. The van der Waals surface area contributed by atoms with Gasteiger partial charge < -0.3 is 10.4 Å². The summed E-state index contributed by atoms with van der Waals surface area (Å²) in [5.74, 6) is -0.785. The number of hydrogen-bond acceptors (Lipinski definition) is 4. The molecule has 2 rings (SSSR count). The second kappa shape index (κ2) is 8.37. The van der Waals surface area contributed by atoms with E-state index in [1.807, 2.05) is 19.1 Å². The summed E-state index contributed by atoms with van der Waals surface area (Å²) in [6.45, 7) is 1.96. The Morgan fingerprint density at radius 2 is 1.71 bits per heavy atom. The van der Waals surface area contributed by atoms with Crippen LogP contribution in [0.2, 0.25) is 0 Å². The first kappa shape index (κ1) is 18.6. The molecule has 0 spiro atoms. The Hall–Kier alpha value is -1.76. The van der Waals surface area contributed by atoms with Crippen molar-refractivity contribution in [2.24, 2.45) is 5.92 Å². The van der Waals surface area contributed by atoms with E-state index in [1.54, 1.807) is 12.1 Å². The molecule has 0 amide bonds. The summed E-state index contributed by atoms with van der Waals surface area (Å²) in [6.07, 6.45) is 4.55. The predicted molar refractivity (Wildman–Crippen MR) is 95.8 cm³/mol. The highest BCUT2D eigenvalue weighted by Crippen LogP contribution is 2.27. The molecule has 134 valence electrons. The van der Waals surface area contributed by atoms with Crippen molar-refractivity contribution in [3.63, 3.8) is 0 Å². The van der Waals surface area contributed by atoms with Gasteiger partial charge in [-0.05, 0) is 56.4 Å². The van der Waals surface area contributed by atoms with Crippen LogP contribution in [0, 0.1) is 5.92 Å². The fourth-order valence-corrected chi connectivity index (χ4v) is 4.19. The topological polar surface area (TPSA) is 95.5 Å². The van der Waals surface area contributed by atoms with Gasteiger partial charge in [0.05, 0.1) is 11.7 Å². The first-order valence-electron chi connectivity index (χ1n) is 8.49. The van der Waals surface area contributed by atoms with Crippen molar-refractivity contribution in [2.45, 2.75) is 51.5 Å². The lowest BCUT2D eigenvalue weighted by Crippen LogP contribution is -2.29. The van der Waals surface area contributed by atoms with Crippen molar-refractivity contribution in [1.82, 2.24) is 0 Å². The highest BCUT2D eigenvalue weighted by atomic mass is 32.2. The second-order valence-corrected chi connectivity index (χ2v) is 8.22. The summed E-state index contributed by atoms with van der Waals surface area (Å²) in [5, 5.41) is 12.4. The highest BCUT2D eigenvalue weighted by molar-refractivity contribution is 7.92. The fraction of sp³-hybridized carbons (Fsp3) is 0.588. The van der Waals surface area contributed by atoms with Crippen molar-refractivity contribution in [3.05, 3.63) is 24.3 Å². The summed E-state index contributed by atoms with van der Waals surface area (Å²) in [4.78, 5) is 11.0. The summed E-state index contributed by atoms with van der Waals surface area (Å²) in [6, 6.07) is 7.46. The highest BCUT2D eigenvalue weighted by Gasteiger charge is 2.25. The monoisotopic (exact) mass is 354 g/mol. The maximum absolute atomic E-state index is 11.9. The summed E-state index contributed by atoms with van der Waals surface area (Å²) >= 11 is 0. The van der Waals surface area contributed by atoms with Crippen LogP contribution in [-0.2, 0) is 14.8 Å². The fourth-order valence-electron chi connectivity index (χ4n) is 2.92. The molecule has 7 heteroatoms. The van der Waals surface area contributed by atoms with Gasteiger partial charge in [0, 0.05) is 17.4 Å². The summed E-state index contributed by atoms with van der Waals surface area (Å²) < 4.78 is 26.3. The molecule has 0 radical (unpaired) electrons. The van der Waals surface area contributed by atoms with E-state index in [2.05, 4.69) is 10.0 Å². The van der Waals surface area contributed by atoms with E-state index in [9.17, 15) is 13.2 Å². The van der Waals surface area contributed by atoms with Crippen molar-refractivity contribution in [2.75, 3.05) is 15.8 Å². The number of unbranched alkanes of at least 4 members (excludes halogenated alkanes) is 1. The zero-order valence-electron chi connectivity index (χ0n) is 14.0. The maximum Gasteiger partial charge on any atom is 0.306 e. The molecule has 3 N–H and O–H groups in total. The third-order valence-corrected chi connectivity index (χ3v) is 5.74. The lowest BCUT2D eigenvalue weighted by molar-refractivity contribution is -0.142. The number of benzene rings is 1. The molecule has 24 heavy (non-hydrogen) atoms. The molecule has 0 heterocycles. The Balaban J connectivity index is 1.85. The largest absolute Gasteiger partial charge is 0.481 e. The SMILES string of the molecule is CCCCS(=O)(=O)Nc1ccc(NC2CCC(C(=O)O)CC2)cc1. The normalized spacial score (nSPS) is 21.2. The van der Waals surface area contributed by atoms with Crippen LogP contribution in [0.25, 0.3) is 0 Å². The average Bonchev–Trinajstić information content (AvgIpc) is 2.55. The van der Waals surface area contributed by atoms with Gasteiger partial charge in [0.15, 0.2) is 0 Å². The van der Waals surface area contributed by atoms with Gasteiger partial charge in [0.25, 0.3) is 0 Å². The number of nitrogens with one attached hydrogen (secondary N) is 2. The Labute approximate surface area is 143 Å². The first-order chi connectivity index (χ1) is 11.4. The second-order valence-electron chi connectivity index (χ2n) is 6.38. The molecule has 1 aromatic rings. The zero-order chi connectivity index (χ0) is 17.6. The van der Waals surface area contributed by atoms with E-state index in [4.69, 9.17) is 5.11 Å². The molecule has 1 saturated carbocycles. The first-order valence-corrected chi connectivity index (χ1v) is 10.1. The van der Waals surface area contributed by atoms with Crippen LogP contribution in [0.4, 0.5) is 11.4 Å². The number of carboxylic acid groups (broad SMARTS) is 1. The molecular formula is C17H26N2O4S. The average molecular weight is 354 g/mol. The number of aliphatic carboxylic acids is 1. The molecule has 0 saturated heterocycles. The minimum Gasteiger partial charge on any atom is -0.481 e. The maximum atomic E-state index is 11.9. The third kappa shape index (κ3) is 5.70. The van der Waals surface area contributed by atoms with Crippen LogP contribution >= 0.6 is 0 Å². The molecule has 0 atom stereocenters. The van der Waals surface area contributed by atoms with E-state index >= 15 is 0 Å². The van der Waals surface area contributed by atoms with E-state index in [1.165, 1.54) is 0 Å². The molecule has 1 aromatic carbocycles. The quantitative estimate of drug-likeness (QED) is 0.666. The molecule has 6 nitrogen and oxygen atoms in total. The molecule has 0 aromatic heterocycles. The van der Waals surface area contributed by atoms with Gasteiger partial charge in [0.2, 0.25) is 10.0 Å². The Bertz CT molecular complexity index is 635. The van der Waals surface area contributed by atoms with Crippen molar-refractivity contribution in [3.8, 4) is 0 Å². The van der Waals surface area contributed by atoms with E-state index in [-0.39, 0.29) is 17.7 Å². The lowest BCUT2D eigenvalue weighted by Gasteiger charge is -2.27. The van der Waals surface area contributed by atoms with Crippen LogP contribution in [0.3, 0.4) is 0 Å². The van der Waals surface area contributed by atoms with E-state index in [0.717, 1.165) is 24.9 Å². The minimum absolute atomic E-state index is 0.135. The standard InChI is InChI=1S/C17H26N2O4S/c1-2-3-12-24(22,23)19-16-10-8-15(9-11-16)18-14-6-4-13(5-7-14)17(20)21/h8-11,13-14,18-19H,2-7,12H2,1H3,(H,20,21). The number of hydrogen-bond donors (Lipinski definition) is 3. The number of carbonyl (C=O) groups is 1. The van der Waals surface area contributed by atoms with E-state index < -0.39 is 16.0 Å². The molecule has 1 aliphatic rings. The van der Waals surface area contributed by atoms with Crippen LogP contribution in [0.5, 0.6) is 0 Å². The number of carboxylic acids is 1. The van der Waals surface area contributed by atoms with Crippen LogP contribution in [0.1, 0.15) is 45.4 Å². The zero-order valence-corrected chi connectivity index (χ0v) is 14.8. The number of sulfonamides is 1. The van der Waals surface area contributed by atoms with Gasteiger partial charge >= 0.3 is 5.97 Å². The Morgan fingerprint density at radius 3 is 2.25 bits per heavy atom. The molecule has 1 aliphatic carbocycles. The van der Waals surface area contributed by atoms with E-state index in [0.29, 0.717) is 24.9 Å². The van der Waals surface area contributed by atoms with Crippen LogP contribution in [-0.4, -0.2) is 31.3 Å². The van der Waals surface area contributed by atoms with Crippen molar-refractivity contribution >= 4 is 27.4 Å². The third-order valence-electron chi connectivity index (χ3n) is 4.37. The predicted octanol–water partition coefficient (Wildman–Crippen LogP) is 3.28. The summed E-state index contributed by atoms with van der Waals surface area (Å²) in [5.41, 5.74) is 1.48. The van der Waals surface area contributed by atoms with Crippen LogP contribution in [0.15, 0.2) is 24.3 Å². The lowest BCUT2D eigenvalue weighted by atomic mass is 9.86. The Kier molecular flexibility index (Phi) is 6.48. The number of anilines is 2. The van der Waals surface area contributed by atoms with Crippen molar-refractivity contribution < 1.29 is 18.3 Å². The van der Waals surface area contributed by atoms with Crippen LogP contribution < -0.4 is 10.0 Å². The minimum atomic E-state index is -3.28. The molecular weight excluding hydrogens is 328 g/mol. The molecule has 0 bridgehead atoms. The van der Waals surface area contributed by atoms with Gasteiger partial charge in [-0.15, -0.1) is 0 Å². The molecule has 0 unspecified atom stereocenters. The summed E-state index contributed by atoms with van der Waals surface area (Å²) in [7, 11) is -3.28. The molecule has 1 fully saturated rings. The Morgan fingerprint density at radius 1 is 1.12 bits per heavy atom. The van der Waals surface area contributed by atoms with Gasteiger partial charge in [0.1, 0.15) is 0 Å². The smallest absolute Gasteiger partial charge is 0.306 e. The molecule has 0 aliphatic heterocycles. The van der Waals surface area contributed by atoms with Gasteiger partial charge in [-0.25, -0.2) is 8.42 Å². The van der Waals surface area contributed by atoms with Gasteiger partial charge in [-0.1, -0.05) is 13.3 Å².